The number of pyridine rings is 1. The number of thiophene rings is 1. The molecular weight excluding hydrogens is 304 g/mol. The molecular formula is C14H12N4O3S. The molecule has 0 unspecified atom stereocenters. The largest absolute Gasteiger partial charge is 0.342 e. The number of aryl methyl sites for hydroxylation is 1. The van der Waals surface area contributed by atoms with Crippen LogP contribution in [0.15, 0.2) is 39.1 Å². The van der Waals surface area contributed by atoms with Crippen molar-refractivity contribution in [2.45, 2.75) is 13.5 Å². The number of carbonyl (C=O) groups is 1. The van der Waals surface area contributed by atoms with Gasteiger partial charge in [-0.3, -0.25) is 9.59 Å². The quantitative estimate of drug-likeness (QED) is 0.763. The number of amides is 1. The minimum absolute atomic E-state index is 0.131. The number of rotatable bonds is 4. The summed E-state index contributed by atoms with van der Waals surface area (Å²) in [5.41, 5.74) is 1.36. The first-order chi connectivity index (χ1) is 10.6. The number of aromatic amines is 1. The summed E-state index contributed by atoms with van der Waals surface area (Å²) < 4.78 is 5.07. The van der Waals surface area contributed by atoms with Crippen molar-refractivity contribution in [2.24, 2.45) is 0 Å². The van der Waals surface area contributed by atoms with Gasteiger partial charge in [0.1, 0.15) is 0 Å². The predicted molar refractivity (Wildman–Crippen MR) is 80.6 cm³/mol. The molecule has 0 saturated carbocycles. The Morgan fingerprint density at radius 3 is 3.05 bits per heavy atom. The third-order valence-electron chi connectivity index (χ3n) is 2.86. The Kier molecular flexibility index (Phi) is 3.84. The van der Waals surface area contributed by atoms with Crippen molar-refractivity contribution in [2.75, 3.05) is 0 Å². The van der Waals surface area contributed by atoms with Crippen LogP contribution in [0.2, 0.25) is 0 Å². The van der Waals surface area contributed by atoms with Crippen LogP contribution >= 0.6 is 11.3 Å². The molecule has 3 aromatic rings. The van der Waals surface area contributed by atoms with E-state index in [2.05, 4.69) is 20.4 Å². The second-order valence-corrected chi connectivity index (χ2v) is 5.54. The Bertz CT molecular complexity index is 865. The van der Waals surface area contributed by atoms with Crippen LogP contribution in [0.4, 0.5) is 0 Å². The lowest BCUT2D eigenvalue weighted by molar-refractivity contribution is 0.0950. The number of nitrogens with zero attached hydrogens (tertiary/aromatic N) is 2. The molecule has 3 aromatic heterocycles. The molecule has 0 aromatic carbocycles. The van der Waals surface area contributed by atoms with E-state index in [1.165, 1.54) is 23.6 Å². The van der Waals surface area contributed by atoms with E-state index in [-0.39, 0.29) is 23.9 Å². The van der Waals surface area contributed by atoms with Crippen LogP contribution < -0.4 is 10.9 Å². The topological polar surface area (TPSA) is 101 Å². The van der Waals surface area contributed by atoms with Gasteiger partial charge in [0.15, 0.2) is 0 Å². The van der Waals surface area contributed by atoms with Gasteiger partial charge in [-0.05, 0) is 30.0 Å². The highest BCUT2D eigenvalue weighted by molar-refractivity contribution is 7.12. The van der Waals surface area contributed by atoms with Gasteiger partial charge in [-0.2, -0.15) is 4.98 Å². The molecule has 0 aliphatic heterocycles. The van der Waals surface area contributed by atoms with Gasteiger partial charge >= 0.3 is 0 Å². The standard InChI is InChI=1S/C14H12N4O3S/c1-8-4-10(22-7-8)14(20)16-6-12-17-13(18-21-12)9-2-3-15-11(19)5-9/h2-5,7H,6H2,1H3,(H,15,19)(H,16,20). The molecule has 0 aliphatic rings. The van der Waals surface area contributed by atoms with Gasteiger partial charge in [-0.15, -0.1) is 11.3 Å². The summed E-state index contributed by atoms with van der Waals surface area (Å²) in [6.45, 7) is 2.06. The Balaban J connectivity index is 1.67. The average molecular weight is 316 g/mol. The summed E-state index contributed by atoms with van der Waals surface area (Å²) in [5.74, 6) is 0.397. The predicted octanol–water partition coefficient (Wildman–Crippen LogP) is 1.72. The Morgan fingerprint density at radius 1 is 1.45 bits per heavy atom. The van der Waals surface area contributed by atoms with Crippen LogP contribution in [0.5, 0.6) is 0 Å². The molecule has 0 fully saturated rings. The average Bonchev–Trinajstić information content (AvgIpc) is 3.14. The fourth-order valence-electron chi connectivity index (χ4n) is 1.82. The van der Waals surface area contributed by atoms with Crippen molar-refractivity contribution < 1.29 is 9.32 Å². The molecule has 3 rings (SSSR count). The zero-order valence-corrected chi connectivity index (χ0v) is 12.4. The van der Waals surface area contributed by atoms with E-state index in [0.717, 1.165) is 5.56 Å². The van der Waals surface area contributed by atoms with E-state index in [1.807, 2.05) is 18.4 Å². The minimum atomic E-state index is -0.245. The lowest BCUT2D eigenvalue weighted by Crippen LogP contribution is -2.21. The molecule has 8 heteroatoms. The molecule has 0 aliphatic carbocycles. The van der Waals surface area contributed by atoms with E-state index in [1.54, 1.807) is 6.07 Å². The Labute approximate surface area is 129 Å². The van der Waals surface area contributed by atoms with Gasteiger partial charge in [-0.1, -0.05) is 5.16 Å². The molecule has 1 amide bonds. The minimum Gasteiger partial charge on any atom is -0.342 e. The smallest absolute Gasteiger partial charge is 0.261 e. The molecule has 22 heavy (non-hydrogen) atoms. The molecule has 0 radical (unpaired) electrons. The van der Waals surface area contributed by atoms with E-state index in [0.29, 0.717) is 16.3 Å². The van der Waals surface area contributed by atoms with Crippen LogP contribution in [0, 0.1) is 6.92 Å². The first kappa shape index (κ1) is 14.2. The number of carbonyl (C=O) groups excluding carboxylic acids is 1. The van der Waals surface area contributed by atoms with Crippen LogP contribution in [-0.4, -0.2) is 21.0 Å². The highest BCUT2D eigenvalue weighted by Crippen LogP contribution is 2.14. The molecule has 0 spiro atoms. The van der Waals surface area contributed by atoms with Crippen molar-refractivity contribution in [3.8, 4) is 11.4 Å². The van der Waals surface area contributed by atoms with Crippen molar-refractivity contribution in [1.82, 2.24) is 20.4 Å². The number of hydrogen-bond donors (Lipinski definition) is 2. The monoisotopic (exact) mass is 316 g/mol. The molecule has 0 saturated heterocycles. The third kappa shape index (κ3) is 3.12. The van der Waals surface area contributed by atoms with Crippen molar-refractivity contribution in [1.29, 1.82) is 0 Å². The van der Waals surface area contributed by atoms with Gasteiger partial charge < -0.3 is 14.8 Å². The highest BCUT2D eigenvalue weighted by atomic mass is 32.1. The van der Waals surface area contributed by atoms with E-state index in [4.69, 9.17) is 4.52 Å². The second kappa shape index (κ2) is 5.94. The zero-order valence-electron chi connectivity index (χ0n) is 11.6. The maximum Gasteiger partial charge on any atom is 0.261 e. The van der Waals surface area contributed by atoms with E-state index in [9.17, 15) is 9.59 Å². The molecule has 2 N–H and O–H groups in total. The van der Waals surface area contributed by atoms with Gasteiger partial charge in [-0.25, -0.2) is 0 Å². The first-order valence-electron chi connectivity index (χ1n) is 6.47. The molecule has 0 bridgehead atoms. The van der Waals surface area contributed by atoms with E-state index >= 15 is 0 Å². The van der Waals surface area contributed by atoms with Crippen molar-refractivity contribution in [3.63, 3.8) is 0 Å². The zero-order chi connectivity index (χ0) is 15.5. The Morgan fingerprint density at radius 2 is 2.32 bits per heavy atom. The van der Waals surface area contributed by atoms with Crippen molar-refractivity contribution >= 4 is 17.2 Å². The SMILES string of the molecule is Cc1csc(C(=O)NCc2nc(-c3cc[nH]c(=O)c3)no2)c1. The fraction of sp³-hybridized carbons (Fsp3) is 0.143. The van der Waals surface area contributed by atoms with Crippen LogP contribution in [0.3, 0.4) is 0 Å². The molecule has 0 atom stereocenters. The molecule has 3 heterocycles. The maximum absolute atomic E-state index is 11.9. The second-order valence-electron chi connectivity index (χ2n) is 4.62. The van der Waals surface area contributed by atoms with Gasteiger partial charge in [0.2, 0.25) is 17.3 Å². The summed E-state index contributed by atoms with van der Waals surface area (Å²) in [5, 5.41) is 8.42. The van der Waals surface area contributed by atoms with Gasteiger partial charge in [0.05, 0.1) is 11.4 Å². The number of nitrogens with one attached hydrogen (secondary N) is 2. The summed E-state index contributed by atoms with van der Waals surface area (Å²) in [6.07, 6.45) is 1.51. The van der Waals surface area contributed by atoms with Crippen molar-refractivity contribution in [3.05, 3.63) is 56.5 Å². The first-order valence-corrected chi connectivity index (χ1v) is 7.35. The summed E-state index contributed by atoms with van der Waals surface area (Å²) in [7, 11) is 0. The normalized spacial score (nSPS) is 10.6. The maximum atomic E-state index is 11.9. The summed E-state index contributed by atoms with van der Waals surface area (Å²) in [6, 6.07) is 4.86. The lowest BCUT2D eigenvalue weighted by Gasteiger charge is -1.98. The van der Waals surface area contributed by atoms with Crippen LogP contribution in [-0.2, 0) is 6.54 Å². The summed E-state index contributed by atoms with van der Waals surface area (Å²) in [4.78, 5) is 30.5. The van der Waals surface area contributed by atoms with E-state index < -0.39 is 0 Å². The van der Waals surface area contributed by atoms with Gasteiger partial charge in [0, 0.05) is 17.8 Å². The number of aromatic nitrogens is 3. The van der Waals surface area contributed by atoms with Gasteiger partial charge in [0.25, 0.3) is 5.91 Å². The Hall–Kier alpha value is -2.74. The number of hydrogen-bond acceptors (Lipinski definition) is 6. The fourth-order valence-corrected chi connectivity index (χ4v) is 2.63. The summed E-state index contributed by atoms with van der Waals surface area (Å²) >= 11 is 1.38. The molecule has 7 nitrogen and oxygen atoms in total. The third-order valence-corrected chi connectivity index (χ3v) is 3.90. The van der Waals surface area contributed by atoms with Crippen LogP contribution in [0.25, 0.3) is 11.4 Å². The molecule has 112 valence electrons. The number of H-pyrrole nitrogens is 1. The van der Waals surface area contributed by atoms with Crippen LogP contribution in [0.1, 0.15) is 21.1 Å². The lowest BCUT2D eigenvalue weighted by atomic mass is 10.2. The highest BCUT2D eigenvalue weighted by Gasteiger charge is 2.12.